The van der Waals surface area contributed by atoms with Crippen LogP contribution >= 0.6 is 0 Å². The second-order valence-corrected chi connectivity index (χ2v) is 15.1. The SMILES string of the molecule is OB(O)c1ccc2c(c1)C1(c3ccccc3-c3ccccc31)c1ccccc1-2.OB(O)c1ccc2c(c1)C1(c3ccccc3-c3ccccc31)c1ccccc1-2. The molecule has 56 heavy (non-hydrogen) atoms. The van der Waals surface area contributed by atoms with Crippen molar-refractivity contribution in [1.29, 1.82) is 0 Å². The minimum Gasteiger partial charge on any atom is -0.423 e. The number of benzene rings is 8. The van der Waals surface area contributed by atoms with Gasteiger partial charge >= 0.3 is 14.2 Å². The molecule has 264 valence electrons. The molecule has 0 unspecified atom stereocenters. The van der Waals surface area contributed by atoms with Gasteiger partial charge in [-0.15, -0.1) is 0 Å². The van der Waals surface area contributed by atoms with Crippen LogP contribution in [0.4, 0.5) is 0 Å². The molecule has 0 radical (unpaired) electrons. The van der Waals surface area contributed by atoms with Crippen molar-refractivity contribution >= 4 is 25.2 Å². The third-order valence-corrected chi connectivity index (χ3v) is 12.6. The van der Waals surface area contributed by atoms with Gasteiger partial charge in [0.2, 0.25) is 0 Å². The van der Waals surface area contributed by atoms with Crippen LogP contribution in [0.2, 0.25) is 0 Å². The summed E-state index contributed by atoms with van der Waals surface area (Å²) in [5, 5.41) is 39.4. The molecule has 0 fully saturated rings. The van der Waals surface area contributed by atoms with E-state index in [1.165, 1.54) is 66.8 Å². The summed E-state index contributed by atoms with van der Waals surface area (Å²) in [6.07, 6.45) is 0. The predicted molar refractivity (Wildman–Crippen MR) is 225 cm³/mol. The Morgan fingerprint density at radius 3 is 0.696 bits per heavy atom. The number of fused-ring (bicyclic) bond motifs is 20. The summed E-state index contributed by atoms with van der Waals surface area (Å²) < 4.78 is 0. The van der Waals surface area contributed by atoms with Gasteiger partial charge in [-0.2, -0.15) is 0 Å². The molecule has 12 rings (SSSR count). The maximum atomic E-state index is 9.85. The zero-order chi connectivity index (χ0) is 37.8. The Hall–Kier alpha value is -6.27. The highest BCUT2D eigenvalue weighted by atomic mass is 16.4. The molecule has 4 N–H and O–H groups in total. The summed E-state index contributed by atoms with van der Waals surface area (Å²) in [7, 11) is -2.98. The van der Waals surface area contributed by atoms with Crippen molar-refractivity contribution in [3.8, 4) is 44.5 Å². The summed E-state index contributed by atoms with van der Waals surface area (Å²) in [6.45, 7) is 0. The molecule has 0 aliphatic heterocycles. The molecule has 0 saturated heterocycles. The van der Waals surface area contributed by atoms with E-state index < -0.39 is 25.1 Å². The van der Waals surface area contributed by atoms with Crippen LogP contribution in [0, 0.1) is 0 Å². The molecule has 0 aromatic heterocycles. The van der Waals surface area contributed by atoms with Crippen LogP contribution < -0.4 is 10.9 Å². The maximum absolute atomic E-state index is 9.85. The van der Waals surface area contributed by atoms with Gasteiger partial charge in [-0.3, -0.25) is 0 Å². The zero-order valence-electron chi connectivity index (χ0n) is 30.3. The van der Waals surface area contributed by atoms with Gasteiger partial charge in [-0.25, -0.2) is 0 Å². The van der Waals surface area contributed by atoms with Crippen LogP contribution in [0.15, 0.2) is 182 Å². The van der Waals surface area contributed by atoms with E-state index in [2.05, 4.69) is 146 Å². The minimum absolute atomic E-state index is 0.427. The Balaban J connectivity index is 0.000000130. The fourth-order valence-corrected chi connectivity index (χ4v) is 10.5. The van der Waals surface area contributed by atoms with Gasteiger partial charge in [0.05, 0.1) is 10.8 Å². The van der Waals surface area contributed by atoms with E-state index in [-0.39, 0.29) is 0 Å². The zero-order valence-corrected chi connectivity index (χ0v) is 30.3. The van der Waals surface area contributed by atoms with E-state index in [0.29, 0.717) is 10.9 Å². The first-order valence-electron chi connectivity index (χ1n) is 19.1. The lowest BCUT2D eigenvalue weighted by Crippen LogP contribution is -2.32. The van der Waals surface area contributed by atoms with Crippen LogP contribution in [0.5, 0.6) is 0 Å². The van der Waals surface area contributed by atoms with Crippen LogP contribution in [0.3, 0.4) is 0 Å². The molecular formula is C50H34B2O4. The normalized spacial score (nSPS) is 14.4. The van der Waals surface area contributed by atoms with Crippen LogP contribution in [-0.2, 0) is 10.8 Å². The summed E-state index contributed by atoms with van der Waals surface area (Å²) in [5.74, 6) is 0. The van der Waals surface area contributed by atoms with E-state index in [1.54, 1.807) is 0 Å². The Bertz CT molecular complexity index is 2590. The van der Waals surface area contributed by atoms with Crippen molar-refractivity contribution in [3.05, 3.63) is 226 Å². The van der Waals surface area contributed by atoms with Crippen LogP contribution in [-0.4, -0.2) is 34.3 Å². The van der Waals surface area contributed by atoms with Crippen molar-refractivity contribution in [1.82, 2.24) is 0 Å². The lowest BCUT2D eigenvalue weighted by molar-refractivity contribution is 0.424. The first-order valence-corrected chi connectivity index (χ1v) is 19.1. The van der Waals surface area contributed by atoms with Gasteiger partial charge in [-0.1, -0.05) is 182 Å². The van der Waals surface area contributed by atoms with Crippen LogP contribution in [0.25, 0.3) is 44.5 Å². The molecule has 6 heteroatoms. The summed E-state index contributed by atoms with van der Waals surface area (Å²) in [6, 6.07) is 63.1. The van der Waals surface area contributed by atoms with E-state index in [4.69, 9.17) is 0 Å². The predicted octanol–water partition coefficient (Wildman–Crippen LogP) is 7.42. The molecule has 2 spiro atoms. The smallest absolute Gasteiger partial charge is 0.423 e. The highest BCUT2D eigenvalue weighted by molar-refractivity contribution is 6.59. The van der Waals surface area contributed by atoms with Crippen LogP contribution in [0.1, 0.15) is 44.5 Å². The standard InChI is InChI=1S/2C25H17BO2/c2*27-26(28)16-13-14-20-19-9-3-6-12-23(19)25(24(20)15-16)21-10-4-1-7-17(21)18-8-2-5-11-22(18)25/h2*1-15,27-28H. The molecule has 0 heterocycles. The second kappa shape index (κ2) is 12.1. The minimum atomic E-state index is -1.49. The first kappa shape index (κ1) is 33.1. The van der Waals surface area contributed by atoms with E-state index in [0.717, 1.165) is 22.3 Å². The second-order valence-electron chi connectivity index (χ2n) is 15.1. The molecule has 0 atom stereocenters. The lowest BCUT2D eigenvalue weighted by atomic mass is 9.68. The molecule has 0 amide bonds. The van der Waals surface area contributed by atoms with E-state index in [9.17, 15) is 20.1 Å². The van der Waals surface area contributed by atoms with Gasteiger partial charge < -0.3 is 20.1 Å². The Morgan fingerprint density at radius 2 is 0.464 bits per heavy atom. The van der Waals surface area contributed by atoms with Gasteiger partial charge in [-0.05, 0) is 99.9 Å². The summed E-state index contributed by atoms with van der Waals surface area (Å²) in [4.78, 5) is 0. The fraction of sp³-hybridized carbons (Fsp3) is 0.0400. The highest BCUT2D eigenvalue weighted by Crippen LogP contribution is 2.64. The molecule has 8 aromatic rings. The molecule has 0 bridgehead atoms. The monoisotopic (exact) mass is 720 g/mol. The maximum Gasteiger partial charge on any atom is 0.488 e. The quantitative estimate of drug-likeness (QED) is 0.140. The molecule has 0 saturated carbocycles. The van der Waals surface area contributed by atoms with Crippen molar-refractivity contribution in [3.63, 3.8) is 0 Å². The molecule has 4 nitrogen and oxygen atoms in total. The van der Waals surface area contributed by atoms with Gasteiger partial charge in [0.1, 0.15) is 0 Å². The Morgan fingerprint density at radius 1 is 0.250 bits per heavy atom. The summed E-state index contributed by atoms with van der Waals surface area (Å²) in [5.41, 5.74) is 19.7. The number of hydrogen-bond donors (Lipinski definition) is 4. The largest absolute Gasteiger partial charge is 0.488 e. The molecular weight excluding hydrogens is 686 g/mol. The Labute approximate surface area is 326 Å². The van der Waals surface area contributed by atoms with Crippen molar-refractivity contribution in [2.45, 2.75) is 10.8 Å². The average molecular weight is 720 g/mol. The number of hydrogen-bond acceptors (Lipinski definition) is 4. The van der Waals surface area contributed by atoms with Gasteiger partial charge in [0, 0.05) is 0 Å². The third kappa shape index (κ3) is 4.19. The van der Waals surface area contributed by atoms with E-state index in [1.807, 2.05) is 36.4 Å². The van der Waals surface area contributed by atoms with Gasteiger partial charge in [0.25, 0.3) is 0 Å². The molecule has 4 aliphatic carbocycles. The van der Waals surface area contributed by atoms with E-state index >= 15 is 0 Å². The van der Waals surface area contributed by atoms with Crippen molar-refractivity contribution < 1.29 is 20.1 Å². The highest BCUT2D eigenvalue weighted by Gasteiger charge is 2.53. The first-order chi connectivity index (χ1) is 27.5. The fourth-order valence-electron chi connectivity index (χ4n) is 10.5. The average Bonchev–Trinajstić information content (AvgIpc) is 3.92. The third-order valence-electron chi connectivity index (χ3n) is 12.6. The summed E-state index contributed by atoms with van der Waals surface area (Å²) >= 11 is 0. The topological polar surface area (TPSA) is 80.9 Å². The molecule has 8 aromatic carbocycles. The Kier molecular flexibility index (Phi) is 7.16. The lowest BCUT2D eigenvalue weighted by Gasteiger charge is -2.30. The number of rotatable bonds is 2. The van der Waals surface area contributed by atoms with Crippen molar-refractivity contribution in [2.24, 2.45) is 0 Å². The molecule has 4 aliphatic rings. The van der Waals surface area contributed by atoms with Gasteiger partial charge in [0.15, 0.2) is 0 Å². The van der Waals surface area contributed by atoms with Crippen molar-refractivity contribution in [2.75, 3.05) is 0 Å².